The molecule has 6 heteroatoms. The van der Waals surface area contributed by atoms with E-state index in [0.717, 1.165) is 17.5 Å². The topological polar surface area (TPSA) is 83.5 Å². The van der Waals surface area contributed by atoms with E-state index >= 15 is 0 Å². The van der Waals surface area contributed by atoms with Crippen LogP contribution in [-0.2, 0) is 14.8 Å². The van der Waals surface area contributed by atoms with Crippen molar-refractivity contribution in [2.45, 2.75) is 23.8 Å². The first-order chi connectivity index (χ1) is 12.0. The lowest BCUT2D eigenvalue weighted by atomic mass is 10.0. The molecule has 2 N–H and O–H groups in total. The third-order valence-corrected chi connectivity index (χ3v) is 6.83. The number of carboxylic acid groups (broad SMARTS) is 1. The second-order valence-corrected chi connectivity index (χ2v) is 8.58. The standard InChI is InChI=1S/C19H19NO4S/c21-19(22)17-11-18(16-10-15(16)17)20-25(23,24)14-8-6-13(7-9-14)12-4-2-1-3-5-12/h1-9,15-18,20H,10-11H2,(H,21,22)/t15-,16+,17-,18+/m1/s1. The summed E-state index contributed by atoms with van der Waals surface area (Å²) in [5, 5.41) is 9.21. The van der Waals surface area contributed by atoms with Crippen molar-refractivity contribution in [3.63, 3.8) is 0 Å². The SMILES string of the molecule is O=C(O)[C@@H]1C[C@H](NS(=O)(=O)c2ccc(-c3ccccc3)cc2)[C@H]2C[C@H]21. The number of benzene rings is 2. The average Bonchev–Trinajstić information content (AvgIpc) is 3.32. The fraction of sp³-hybridized carbons (Fsp3) is 0.316. The van der Waals surface area contributed by atoms with Crippen LogP contribution in [0.1, 0.15) is 12.8 Å². The second-order valence-electron chi connectivity index (χ2n) is 6.86. The van der Waals surface area contributed by atoms with Gasteiger partial charge in [0.2, 0.25) is 10.0 Å². The lowest BCUT2D eigenvalue weighted by molar-refractivity contribution is -0.142. The van der Waals surface area contributed by atoms with Gasteiger partial charge in [-0.15, -0.1) is 0 Å². The van der Waals surface area contributed by atoms with E-state index in [1.54, 1.807) is 24.3 Å². The number of fused-ring (bicyclic) bond motifs is 1. The van der Waals surface area contributed by atoms with Gasteiger partial charge in [0.1, 0.15) is 0 Å². The van der Waals surface area contributed by atoms with Crippen LogP contribution in [0.4, 0.5) is 0 Å². The Morgan fingerprint density at radius 3 is 2.16 bits per heavy atom. The van der Waals surface area contributed by atoms with Gasteiger partial charge in [-0.25, -0.2) is 13.1 Å². The molecule has 0 radical (unpaired) electrons. The first kappa shape index (κ1) is 16.3. The fourth-order valence-corrected chi connectivity index (χ4v) is 5.23. The number of hydrogen-bond donors (Lipinski definition) is 2. The Balaban J connectivity index is 1.50. The highest BCUT2D eigenvalue weighted by molar-refractivity contribution is 7.89. The molecule has 4 rings (SSSR count). The maximum Gasteiger partial charge on any atom is 0.306 e. The molecule has 5 nitrogen and oxygen atoms in total. The molecule has 0 unspecified atom stereocenters. The maximum atomic E-state index is 12.6. The van der Waals surface area contributed by atoms with E-state index in [1.807, 2.05) is 30.3 Å². The Morgan fingerprint density at radius 1 is 0.920 bits per heavy atom. The first-order valence-electron chi connectivity index (χ1n) is 8.36. The Kier molecular flexibility index (Phi) is 3.89. The second kappa shape index (κ2) is 5.97. The van der Waals surface area contributed by atoms with Crippen molar-refractivity contribution in [3.05, 3.63) is 54.6 Å². The van der Waals surface area contributed by atoms with Gasteiger partial charge in [-0.2, -0.15) is 0 Å². The van der Waals surface area contributed by atoms with E-state index in [9.17, 15) is 18.3 Å². The Morgan fingerprint density at radius 2 is 1.56 bits per heavy atom. The summed E-state index contributed by atoms with van der Waals surface area (Å²) in [6, 6.07) is 16.3. The largest absolute Gasteiger partial charge is 0.481 e. The Bertz CT molecular complexity index is 893. The van der Waals surface area contributed by atoms with Crippen LogP contribution in [0.2, 0.25) is 0 Å². The maximum absolute atomic E-state index is 12.6. The number of hydrogen-bond acceptors (Lipinski definition) is 3. The summed E-state index contributed by atoms with van der Waals surface area (Å²) in [5.41, 5.74) is 1.98. The van der Waals surface area contributed by atoms with Crippen LogP contribution in [0.15, 0.2) is 59.5 Å². The fourth-order valence-electron chi connectivity index (χ4n) is 3.93. The van der Waals surface area contributed by atoms with Gasteiger partial charge in [-0.3, -0.25) is 4.79 Å². The molecule has 2 saturated carbocycles. The highest BCUT2D eigenvalue weighted by Gasteiger charge is 2.57. The highest BCUT2D eigenvalue weighted by Crippen LogP contribution is 2.55. The summed E-state index contributed by atoms with van der Waals surface area (Å²) >= 11 is 0. The van der Waals surface area contributed by atoms with Crippen LogP contribution in [-0.4, -0.2) is 25.5 Å². The molecule has 4 atom stereocenters. The Hall–Kier alpha value is -2.18. The van der Waals surface area contributed by atoms with E-state index in [4.69, 9.17) is 0 Å². The van der Waals surface area contributed by atoms with Crippen molar-refractivity contribution in [1.82, 2.24) is 4.72 Å². The third kappa shape index (κ3) is 3.07. The zero-order valence-electron chi connectivity index (χ0n) is 13.5. The van der Waals surface area contributed by atoms with E-state index in [-0.39, 0.29) is 22.8 Å². The molecule has 2 aromatic rings. The quantitative estimate of drug-likeness (QED) is 0.862. The molecule has 2 fully saturated rings. The minimum Gasteiger partial charge on any atom is -0.481 e. The molecule has 0 spiro atoms. The lowest BCUT2D eigenvalue weighted by Crippen LogP contribution is -2.36. The van der Waals surface area contributed by atoms with E-state index < -0.39 is 21.9 Å². The lowest BCUT2D eigenvalue weighted by Gasteiger charge is -2.16. The van der Waals surface area contributed by atoms with Crippen molar-refractivity contribution < 1.29 is 18.3 Å². The number of sulfonamides is 1. The molecule has 0 aromatic heterocycles. The van der Waals surface area contributed by atoms with Crippen LogP contribution in [0.25, 0.3) is 11.1 Å². The van der Waals surface area contributed by atoms with Gasteiger partial charge in [-0.05, 0) is 47.9 Å². The predicted molar refractivity (Wildman–Crippen MR) is 93.3 cm³/mol. The van der Waals surface area contributed by atoms with Gasteiger partial charge in [0.25, 0.3) is 0 Å². The minimum absolute atomic E-state index is 0.130. The van der Waals surface area contributed by atoms with Crippen LogP contribution in [0.3, 0.4) is 0 Å². The van der Waals surface area contributed by atoms with Gasteiger partial charge in [0, 0.05) is 6.04 Å². The van der Waals surface area contributed by atoms with Crippen molar-refractivity contribution in [2.24, 2.45) is 17.8 Å². The third-order valence-electron chi connectivity index (χ3n) is 5.33. The van der Waals surface area contributed by atoms with Gasteiger partial charge in [0.15, 0.2) is 0 Å². The summed E-state index contributed by atoms with van der Waals surface area (Å²) in [5.74, 6) is -0.940. The highest BCUT2D eigenvalue weighted by atomic mass is 32.2. The summed E-state index contributed by atoms with van der Waals surface area (Å²) in [7, 11) is -3.64. The average molecular weight is 357 g/mol. The number of nitrogens with one attached hydrogen (secondary N) is 1. The van der Waals surface area contributed by atoms with Crippen molar-refractivity contribution in [3.8, 4) is 11.1 Å². The Labute approximate surface area is 146 Å². The molecule has 130 valence electrons. The number of carbonyl (C=O) groups is 1. The molecular weight excluding hydrogens is 338 g/mol. The van der Waals surface area contributed by atoms with Gasteiger partial charge < -0.3 is 5.11 Å². The molecule has 2 aromatic carbocycles. The predicted octanol–water partition coefficient (Wildman–Crippen LogP) is 2.74. The summed E-state index contributed by atoms with van der Waals surface area (Å²) in [6.07, 6.45) is 1.18. The van der Waals surface area contributed by atoms with Crippen molar-refractivity contribution >= 4 is 16.0 Å². The zero-order chi connectivity index (χ0) is 17.6. The molecule has 25 heavy (non-hydrogen) atoms. The van der Waals surface area contributed by atoms with Gasteiger partial charge in [0.05, 0.1) is 10.8 Å². The smallest absolute Gasteiger partial charge is 0.306 e. The molecule has 0 bridgehead atoms. The molecule has 0 saturated heterocycles. The number of rotatable bonds is 5. The molecule has 0 amide bonds. The van der Waals surface area contributed by atoms with Gasteiger partial charge in [-0.1, -0.05) is 42.5 Å². The molecular formula is C19H19NO4S. The first-order valence-corrected chi connectivity index (χ1v) is 9.84. The number of aliphatic carboxylic acids is 1. The minimum atomic E-state index is -3.64. The van der Waals surface area contributed by atoms with Crippen LogP contribution < -0.4 is 4.72 Å². The molecule has 2 aliphatic carbocycles. The van der Waals surface area contributed by atoms with Crippen LogP contribution >= 0.6 is 0 Å². The van der Waals surface area contributed by atoms with E-state index in [1.165, 1.54) is 0 Å². The van der Waals surface area contributed by atoms with E-state index in [2.05, 4.69) is 4.72 Å². The molecule has 0 heterocycles. The van der Waals surface area contributed by atoms with Gasteiger partial charge >= 0.3 is 5.97 Å². The van der Waals surface area contributed by atoms with E-state index in [0.29, 0.717) is 6.42 Å². The normalized spacial score (nSPS) is 27.7. The summed E-state index contributed by atoms with van der Waals surface area (Å²) < 4.78 is 28.0. The van der Waals surface area contributed by atoms with Crippen LogP contribution in [0, 0.1) is 17.8 Å². The number of carboxylic acids is 1. The molecule has 2 aliphatic rings. The van der Waals surface area contributed by atoms with Crippen molar-refractivity contribution in [1.29, 1.82) is 0 Å². The monoisotopic (exact) mass is 357 g/mol. The van der Waals surface area contributed by atoms with Crippen LogP contribution in [0.5, 0.6) is 0 Å². The zero-order valence-corrected chi connectivity index (χ0v) is 14.3. The summed E-state index contributed by atoms with van der Waals surface area (Å²) in [6.45, 7) is 0. The van der Waals surface area contributed by atoms with Crippen molar-refractivity contribution in [2.75, 3.05) is 0 Å². The summed E-state index contributed by atoms with van der Waals surface area (Å²) in [4.78, 5) is 11.4. The molecule has 0 aliphatic heterocycles.